The first-order valence-electron chi connectivity index (χ1n) is 2.39. The van der Waals surface area contributed by atoms with Crippen LogP contribution < -0.4 is 0 Å². The molecule has 0 unspecified atom stereocenters. The van der Waals surface area contributed by atoms with Crippen molar-refractivity contribution in [2.75, 3.05) is 5.88 Å². The molecule has 1 aliphatic rings. The molecule has 0 bridgehead atoms. The fourth-order valence-corrected chi connectivity index (χ4v) is 1.29. The Labute approximate surface area is 53.8 Å². The summed E-state index contributed by atoms with van der Waals surface area (Å²) in [6.07, 6.45) is 1.10. The van der Waals surface area contributed by atoms with Gasteiger partial charge in [0.1, 0.15) is 0 Å². The van der Waals surface area contributed by atoms with Gasteiger partial charge in [-0.05, 0) is 11.8 Å². The van der Waals surface area contributed by atoms with E-state index in [1.165, 1.54) is 0 Å². The maximum absolute atomic E-state index is 5.71. The summed E-state index contributed by atoms with van der Waals surface area (Å²) in [4.78, 5) is 0. The van der Waals surface area contributed by atoms with E-state index in [2.05, 4.69) is 6.92 Å². The molecule has 2 heteroatoms. The van der Waals surface area contributed by atoms with E-state index in [1.807, 2.05) is 0 Å². The molecule has 0 saturated heterocycles. The van der Waals surface area contributed by atoms with Gasteiger partial charge in [0.05, 0.1) is 0 Å². The van der Waals surface area contributed by atoms with Crippen LogP contribution in [0.5, 0.6) is 0 Å². The summed E-state index contributed by atoms with van der Waals surface area (Å²) in [6.45, 7) is 2.11. The lowest BCUT2D eigenvalue weighted by Gasteiger charge is -1.97. The van der Waals surface area contributed by atoms with Crippen molar-refractivity contribution in [3.63, 3.8) is 0 Å². The molecule has 0 nitrogen and oxygen atoms in total. The third-order valence-corrected chi connectivity index (χ3v) is 2.84. The van der Waals surface area contributed by atoms with Crippen LogP contribution >= 0.6 is 23.2 Å². The van der Waals surface area contributed by atoms with Crippen LogP contribution in [0.25, 0.3) is 0 Å². The largest absolute Gasteiger partial charge is 0.126 e. The average Bonchev–Trinajstić information content (AvgIpc) is 2.18. The lowest BCUT2D eigenvalue weighted by atomic mass is 10.2. The van der Waals surface area contributed by atoms with Gasteiger partial charge in [0.15, 0.2) is 0 Å². The molecule has 0 N–H and O–H groups in total. The van der Waals surface area contributed by atoms with Crippen molar-refractivity contribution in [2.24, 2.45) is 5.41 Å². The number of halogens is 2. The molecular formula is C5H8Cl2. The third kappa shape index (κ3) is 0.872. The van der Waals surface area contributed by atoms with E-state index in [0.29, 0.717) is 11.3 Å². The number of hydrogen-bond donors (Lipinski definition) is 0. The average molecular weight is 139 g/mol. The molecule has 0 spiro atoms. The standard InChI is InChI=1S/C5H8Cl2/c1-5(3-6)2-4(5)7/h4H,2-3H2,1H3/t4-,5+/m1/s1. The third-order valence-electron chi connectivity index (χ3n) is 1.55. The van der Waals surface area contributed by atoms with Crippen LogP contribution in [-0.4, -0.2) is 11.3 Å². The van der Waals surface area contributed by atoms with Gasteiger partial charge in [-0.2, -0.15) is 0 Å². The van der Waals surface area contributed by atoms with Crippen LogP contribution in [0.1, 0.15) is 13.3 Å². The summed E-state index contributed by atoms with van der Waals surface area (Å²) in [7, 11) is 0. The Hall–Kier alpha value is 0.580. The van der Waals surface area contributed by atoms with Crippen molar-refractivity contribution >= 4 is 23.2 Å². The van der Waals surface area contributed by atoms with Gasteiger partial charge in [0, 0.05) is 11.3 Å². The number of rotatable bonds is 1. The summed E-state index contributed by atoms with van der Waals surface area (Å²) in [6, 6.07) is 0. The molecular weight excluding hydrogens is 131 g/mol. The molecule has 0 aromatic rings. The molecule has 0 aromatic heterocycles. The molecule has 1 fully saturated rings. The topological polar surface area (TPSA) is 0 Å². The minimum absolute atomic E-state index is 0.281. The Balaban J connectivity index is 2.36. The second kappa shape index (κ2) is 1.53. The van der Waals surface area contributed by atoms with E-state index in [4.69, 9.17) is 23.2 Å². The number of hydrogen-bond acceptors (Lipinski definition) is 0. The zero-order chi connectivity index (χ0) is 5.49. The Kier molecular flexibility index (Phi) is 1.25. The van der Waals surface area contributed by atoms with Crippen molar-refractivity contribution in [1.82, 2.24) is 0 Å². The van der Waals surface area contributed by atoms with Crippen LogP contribution in [0.4, 0.5) is 0 Å². The van der Waals surface area contributed by atoms with Crippen molar-refractivity contribution in [3.8, 4) is 0 Å². The Bertz CT molecular complexity index is 78.1. The van der Waals surface area contributed by atoms with Crippen LogP contribution in [0.15, 0.2) is 0 Å². The van der Waals surface area contributed by atoms with Gasteiger partial charge in [-0.25, -0.2) is 0 Å². The molecule has 1 aliphatic carbocycles. The predicted molar refractivity (Wildman–Crippen MR) is 33.1 cm³/mol. The van der Waals surface area contributed by atoms with Crippen LogP contribution in [-0.2, 0) is 0 Å². The molecule has 2 atom stereocenters. The minimum atomic E-state index is 0.281. The predicted octanol–water partition coefficient (Wildman–Crippen LogP) is 2.24. The monoisotopic (exact) mass is 138 g/mol. The molecule has 1 saturated carbocycles. The Morgan fingerprint density at radius 1 is 1.86 bits per heavy atom. The smallest absolute Gasteiger partial charge is 0.0407 e. The van der Waals surface area contributed by atoms with Crippen LogP contribution in [0.2, 0.25) is 0 Å². The van der Waals surface area contributed by atoms with Crippen molar-refractivity contribution in [3.05, 3.63) is 0 Å². The van der Waals surface area contributed by atoms with Crippen molar-refractivity contribution in [1.29, 1.82) is 0 Å². The summed E-state index contributed by atoms with van der Waals surface area (Å²) >= 11 is 11.3. The number of alkyl halides is 2. The van der Waals surface area contributed by atoms with Gasteiger partial charge in [-0.15, -0.1) is 23.2 Å². The van der Waals surface area contributed by atoms with Crippen molar-refractivity contribution < 1.29 is 0 Å². The molecule has 0 heterocycles. The second-order valence-electron chi connectivity index (χ2n) is 2.46. The lowest BCUT2D eigenvalue weighted by molar-refractivity contribution is 0.664. The van der Waals surface area contributed by atoms with Gasteiger partial charge < -0.3 is 0 Å². The Morgan fingerprint density at radius 2 is 2.29 bits per heavy atom. The van der Waals surface area contributed by atoms with Crippen LogP contribution in [0, 0.1) is 5.41 Å². The maximum Gasteiger partial charge on any atom is 0.0407 e. The van der Waals surface area contributed by atoms with Gasteiger partial charge in [-0.3, -0.25) is 0 Å². The minimum Gasteiger partial charge on any atom is -0.126 e. The molecule has 7 heavy (non-hydrogen) atoms. The first kappa shape index (κ1) is 5.71. The SMILES string of the molecule is C[C@@]1(CCl)C[C@H]1Cl. The molecule has 0 aromatic carbocycles. The molecule has 1 rings (SSSR count). The first-order valence-corrected chi connectivity index (χ1v) is 3.36. The highest BCUT2D eigenvalue weighted by Gasteiger charge is 2.47. The van der Waals surface area contributed by atoms with E-state index in [-0.39, 0.29) is 5.41 Å². The normalized spacial score (nSPS) is 49.3. The van der Waals surface area contributed by atoms with E-state index >= 15 is 0 Å². The zero-order valence-corrected chi connectivity index (χ0v) is 5.76. The maximum atomic E-state index is 5.71. The highest BCUT2D eigenvalue weighted by Crippen LogP contribution is 2.50. The van der Waals surface area contributed by atoms with Gasteiger partial charge in [-0.1, -0.05) is 6.92 Å². The summed E-state index contributed by atoms with van der Waals surface area (Å²) in [5.74, 6) is 0.709. The molecule has 0 aliphatic heterocycles. The first-order chi connectivity index (χ1) is 3.19. The Morgan fingerprint density at radius 3 is 2.29 bits per heavy atom. The van der Waals surface area contributed by atoms with Gasteiger partial charge in [0.25, 0.3) is 0 Å². The fraction of sp³-hybridized carbons (Fsp3) is 1.00. The summed E-state index contributed by atoms with van der Waals surface area (Å²) < 4.78 is 0. The van der Waals surface area contributed by atoms with E-state index in [1.54, 1.807) is 0 Å². The summed E-state index contributed by atoms with van der Waals surface area (Å²) in [5, 5.41) is 0.352. The van der Waals surface area contributed by atoms with E-state index in [9.17, 15) is 0 Å². The zero-order valence-electron chi connectivity index (χ0n) is 4.25. The molecule has 42 valence electrons. The molecule has 0 amide bonds. The fourth-order valence-electron chi connectivity index (χ4n) is 0.489. The van der Waals surface area contributed by atoms with E-state index in [0.717, 1.165) is 6.42 Å². The second-order valence-corrected chi connectivity index (χ2v) is 3.25. The van der Waals surface area contributed by atoms with Gasteiger partial charge >= 0.3 is 0 Å². The van der Waals surface area contributed by atoms with Gasteiger partial charge in [0.2, 0.25) is 0 Å². The highest BCUT2D eigenvalue weighted by atomic mass is 35.5. The quantitative estimate of drug-likeness (QED) is 0.488. The van der Waals surface area contributed by atoms with Crippen LogP contribution in [0.3, 0.4) is 0 Å². The highest BCUT2D eigenvalue weighted by molar-refractivity contribution is 6.25. The summed E-state index contributed by atoms with van der Waals surface area (Å²) in [5.41, 5.74) is 0.281. The lowest BCUT2D eigenvalue weighted by Crippen LogP contribution is -1.97. The van der Waals surface area contributed by atoms with Crippen molar-refractivity contribution in [2.45, 2.75) is 18.7 Å². The molecule has 0 radical (unpaired) electrons. The van der Waals surface area contributed by atoms with E-state index < -0.39 is 0 Å².